The summed E-state index contributed by atoms with van der Waals surface area (Å²) in [6, 6.07) is 12.6. The number of thiophene rings is 1. The first-order valence-corrected chi connectivity index (χ1v) is 13.9. The Labute approximate surface area is 233 Å². The third-order valence-corrected chi connectivity index (χ3v) is 9.31. The van der Waals surface area contributed by atoms with Crippen molar-refractivity contribution in [3.05, 3.63) is 87.8 Å². The Bertz CT molecular complexity index is 1690. The lowest BCUT2D eigenvalue weighted by molar-refractivity contribution is -0.124. The predicted octanol–water partition coefficient (Wildman–Crippen LogP) is 4.04. The second-order valence-corrected chi connectivity index (χ2v) is 11.7. The highest BCUT2D eigenvalue weighted by Gasteiger charge is 2.49. The van der Waals surface area contributed by atoms with E-state index in [2.05, 4.69) is 10.2 Å². The molecule has 1 amide bonds. The van der Waals surface area contributed by atoms with Gasteiger partial charge in [-0.3, -0.25) is 9.59 Å². The van der Waals surface area contributed by atoms with Crippen LogP contribution in [0.1, 0.15) is 45.2 Å². The molecule has 0 bridgehead atoms. The number of anilines is 1. The Hall–Kier alpha value is -3.70. The van der Waals surface area contributed by atoms with Gasteiger partial charge in [-0.1, -0.05) is 36.4 Å². The molecule has 2 aliphatic rings. The molecule has 0 radical (unpaired) electrons. The molecule has 7 N–H and O–H groups in total. The molecular weight excluding hydrogens is 532 g/mol. The van der Waals surface area contributed by atoms with Crippen LogP contribution in [0.25, 0.3) is 21.2 Å². The predicted molar refractivity (Wildman–Crippen MR) is 153 cm³/mol. The summed E-state index contributed by atoms with van der Waals surface area (Å²) in [4.78, 5) is 30.1. The molecule has 1 saturated heterocycles. The smallest absolute Gasteiger partial charge is 0.262 e. The zero-order chi connectivity index (χ0) is 28.3. The summed E-state index contributed by atoms with van der Waals surface area (Å²) in [7, 11) is 2.02. The van der Waals surface area contributed by atoms with Gasteiger partial charge in [-0.2, -0.15) is 0 Å². The topological polar surface area (TPSA) is 127 Å². The molecular formula is C30H29F2N5O2S. The molecule has 3 unspecified atom stereocenters. The third-order valence-electron chi connectivity index (χ3n) is 8.06. The van der Waals surface area contributed by atoms with Crippen LogP contribution in [0, 0.1) is 11.6 Å². The zero-order valence-electron chi connectivity index (χ0n) is 21.8. The molecule has 4 aromatic rings. The summed E-state index contributed by atoms with van der Waals surface area (Å²) in [6.07, 6.45) is 1.84. The van der Waals surface area contributed by atoms with Crippen LogP contribution in [0.2, 0.25) is 0 Å². The van der Waals surface area contributed by atoms with Crippen molar-refractivity contribution in [1.29, 1.82) is 0 Å². The van der Waals surface area contributed by atoms with Crippen LogP contribution in [0.3, 0.4) is 0 Å². The van der Waals surface area contributed by atoms with Crippen molar-refractivity contribution in [3.63, 3.8) is 0 Å². The molecule has 3 aromatic carbocycles. The number of carbonyl (C=O) groups excluding carboxylic acids is 2. The van der Waals surface area contributed by atoms with E-state index in [0.717, 1.165) is 32.0 Å². The first-order valence-electron chi connectivity index (χ1n) is 13.1. The number of nitrogens with one attached hydrogen (secondary N) is 1. The van der Waals surface area contributed by atoms with E-state index in [0.29, 0.717) is 42.9 Å². The summed E-state index contributed by atoms with van der Waals surface area (Å²) in [5, 5.41) is 3.70. The summed E-state index contributed by atoms with van der Waals surface area (Å²) in [5.74, 6) is -2.77. The number of hydrogen-bond acceptors (Lipinski definition) is 7. The number of likely N-dealkylation sites (tertiary alicyclic amines) is 1. The zero-order valence-corrected chi connectivity index (χ0v) is 22.7. The summed E-state index contributed by atoms with van der Waals surface area (Å²) >= 11 is 1.20. The van der Waals surface area contributed by atoms with Crippen LogP contribution in [-0.2, 0) is 10.3 Å². The van der Waals surface area contributed by atoms with Gasteiger partial charge < -0.3 is 27.4 Å². The first kappa shape index (κ1) is 26.5. The molecule has 40 heavy (non-hydrogen) atoms. The van der Waals surface area contributed by atoms with Gasteiger partial charge in [-0.15, -0.1) is 11.3 Å². The van der Waals surface area contributed by atoms with Crippen molar-refractivity contribution in [2.45, 2.75) is 30.5 Å². The Morgan fingerprint density at radius 2 is 1.93 bits per heavy atom. The number of nitrogens with zero attached hydrogens (tertiary/aromatic N) is 1. The highest BCUT2D eigenvalue weighted by molar-refractivity contribution is 7.21. The van der Waals surface area contributed by atoms with Gasteiger partial charge >= 0.3 is 0 Å². The molecule has 1 aliphatic carbocycles. The van der Waals surface area contributed by atoms with Gasteiger partial charge in [0.25, 0.3) is 5.91 Å². The fraction of sp³-hybridized carbons (Fsp3) is 0.267. The van der Waals surface area contributed by atoms with E-state index in [1.54, 1.807) is 36.4 Å². The number of Topliss-reactive ketones (excluding diaryl/α,β-unsaturated/α-hetero) is 1. The van der Waals surface area contributed by atoms with E-state index < -0.39 is 29.0 Å². The number of carbonyl (C=O) groups is 2. The van der Waals surface area contributed by atoms with Crippen molar-refractivity contribution in [3.8, 4) is 11.1 Å². The van der Waals surface area contributed by atoms with E-state index in [-0.39, 0.29) is 17.5 Å². The number of hydrogen-bond donors (Lipinski definition) is 4. The van der Waals surface area contributed by atoms with Crippen molar-refractivity contribution in [1.82, 2.24) is 10.2 Å². The average molecular weight is 562 g/mol. The number of ketones is 1. The largest absolute Gasteiger partial charge is 0.398 e. The molecule has 0 spiro atoms. The van der Waals surface area contributed by atoms with Gasteiger partial charge in [0.15, 0.2) is 17.4 Å². The summed E-state index contributed by atoms with van der Waals surface area (Å²) in [6.45, 7) is 1.71. The molecule has 2 heterocycles. The standard InChI is InChI=1S/C30H29F2N5O2S/c1-37-12-4-7-17(14-37)36-29(39)27-23-22-19(10-11-21(33)26(22)40-27)30(35,28(38)25(23)34)16-6-2-5-15(13-16)18-8-3-9-20(31)24(18)32/h2-3,5-6,8-11,13,17,25H,4,7,12,14,33-35H2,1H3,(H,36,39). The van der Waals surface area contributed by atoms with Crippen LogP contribution < -0.4 is 22.5 Å². The number of likely N-dealkylation sites (N-methyl/N-ethyl adjacent to an activating group) is 1. The quantitative estimate of drug-likeness (QED) is 0.279. The Kier molecular flexibility index (Phi) is 6.46. The molecule has 6 rings (SSSR count). The number of halogens is 2. The highest BCUT2D eigenvalue weighted by atomic mass is 32.1. The number of rotatable bonds is 4. The van der Waals surface area contributed by atoms with Gasteiger partial charge in [0.2, 0.25) is 0 Å². The number of amides is 1. The Morgan fingerprint density at radius 3 is 2.70 bits per heavy atom. The molecule has 0 saturated carbocycles. The molecule has 1 aliphatic heterocycles. The van der Waals surface area contributed by atoms with E-state index in [1.165, 1.54) is 23.5 Å². The maximum atomic E-state index is 14.6. The van der Waals surface area contributed by atoms with E-state index in [9.17, 15) is 18.4 Å². The molecule has 1 fully saturated rings. The van der Waals surface area contributed by atoms with Gasteiger partial charge in [0, 0.05) is 34.8 Å². The highest BCUT2D eigenvalue weighted by Crippen LogP contribution is 2.49. The fourth-order valence-electron chi connectivity index (χ4n) is 6.04. The SMILES string of the molecule is CN1CCCC(NC(=O)c2sc3c(N)ccc4c3c2C(N)C(=O)C4(N)c2cccc(-c3cccc(F)c3F)c2)C1. The number of benzene rings is 3. The van der Waals surface area contributed by atoms with Gasteiger partial charge in [-0.05, 0) is 61.3 Å². The second-order valence-electron chi connectivity index (χ2n) is 10.7. The maximum absolute atomic E-state index is 14.6. The molecule has 3 atom stereocenters. The van der Waals surface area contributed by atoms with E-state index in [1.807, 2.05) is 7.05 Å². The van der Waals surface area contributed by atoms with Crippen LogP contribution in [-0.4, -0.2) is 42.8 Å². The van der Waals surface area contributed by atoms with Gasteiger partial charge in [0.05, 0.1) is 15.6 Å². The maximum Gasteiger partial charge on any atom is 0.262 e. The monoisotopic (exact) mass is 561 g/mol. The van der Waals surface area contributed by atoms with Crippen molar-refractivity contribution < 1.29 is 18.4 Å². The van der Waals surface area contributed by atoms with Gasteiger partial charge in [0.1, 0.15) is 5.54 Å². The minimum atomic E-state index is -1.71. The van der Waals surface area contributed by atoms with Crippen LogP contribution in [0.4, 0.5) is 14.5 Å². The third kappa shape index (κ3) is 4.02. The Balaban J connectivity index is 1.49. The summed E-state index contributed by atoms with van der Waals surface area (Å²) < 4.78 is 29.3. The molecule has 7 nitrogen and oxygen atoms in total. The molecule has 10 heteroatoms. The minimum absolute atomic E-state index is 0.0180. The number of piperidine rings is 1. The van der Waals surface area contributed by atoms with Crippen LogP contribution in [0.5, 0.6) is 0 Å². The fourth-order valence-corrected chi connectivity index (χ4v) is 7.24. The average Bonchev–Trinajstić information content (AvgIpc) is 3.35. The van der Waals surface area contributed by atoms with Gasteiger partial charge in [-0.25, -0.2) is 8.78 Å². The lowest BCUT2D eigenvalue weighted by atomic mass is 9.70. The molecule has 1 aromatic heterocycles. The van der Waals surface area contributed by atoms with Crippen molar-refractivity contribution in [2.24, 2.45) is 11.5 Å². The van der Waals surface area contributed by atoms with Crippen molar-refractivity contribution >= 4 is 38.8 Å². The van der Waals surface area contributed by atoms with E-state index >= 15 is 0 Å². The number of nitrogen functional groups attached to an aromatic ring is 1. The second kappa shape index (κ2) is 9.74. The lowest BCUT2D eigenvalue weighted by Crippen LogP contribution is -2.52. The van der Waals surface area contributed by atoms with Crippen LogP contribution >= 0.6 is 11.3 Å². The molecule has 206 valence electrons. The van der Waals surface area contributed by atoms with E-state index in [4.69, 9.17) is 17.2 Å². The first-order chi connectivity index (χ1) is 19.1. The Morgan fingerprint density at radius 1 is 1.15 bits per heavy atom. The lowest BCUT2D eigenvalue weighted by Gasteiger charge is -2.37. The summed E-state index contributed by atoms with van der Waals surface area (Å²) in [5.41, 5.74) is 20.3. The minimum Gasteiger partial charge on any atom is -0.398 e. The van der Waals surface area contributed by atoms with Crippen LogP contribution in [0.15, 0.2) is 54.6 Å². The number of nitrogens with two attached hydrogens (primary N) is 3. The normalized spacial score (nSPS) is 23.0. The van der Waals surface area contributed by atoms with Crippen molar-refractivity contribution in [2.75, 3.05) is 25.9 Å².